The molecule has 0 atom stereocenters. The van der Waals surface area contributed by atoms with Crippen molar-refractivity contribution in [3.63, 3.8) is 0 Å². The molecule has 1 fully saturated rings. The number of halogens is 1. The molecule has 2 N–H and O–H groups in total. The molecule has 0 saturated carbocycles. The van der Waals surface area contributed by atoms with Crippen molar-refractivity contribution in [3.8, 4) is 5.75 Å². The standard InChI is InChI=1S/C18H30N4O3.HI/c1-19-18(20-8-5-13-25-15-14-24-2)22-11-9-21(10-12-22)16-6-3-4-7-17(16)23;/h3-4,6-7,23H,5,8-15H2,1-2H3,(H,19,20);1H. The van der Waals surface area contributed by atoms with Crippen molar-refractivity contribution < 1.29 is 14.6 Å². The monoisotopic (exact) mass is 478 g/mol. The third-order valence-corrected chi connectivity index (χ3v) is 4.19. The van der Waals surface area contributed by atoms with Gasteiger partial charge in [0.25, 0.3) is 0 Å². The summed E-state index contributed by atoms with van der Waals surface area (Å²) in [4.78, 5) is 8.84. The van der Waals surface area contributed by atoms with Crippen LogP contribution in [0.3, 0.4) is 0 Å². The number of phenolic OH excluding ortho intramolecular Hbond substituents is 1. The molecule has 7 nitrogen and oxygen atoms in total. The third-order valence-electron chi connectivity index (χ3n) is 4.19. The number of rotatable bonds is 8. The summed E-state index contributed by atoms with van der Waals surface area (Å²) in [7, 11) is 3.49. The van der Waals surface area contributed by atoms with E-state index < -0.39 is 0 Å². The summed E-state index contributed by atoms with van der Waals surface area (Å²) < 4.78 is 10.4. The minimum Gasteiger partial charge on any atom is -0.506 e. The van der Waals surface area contributed by atoms with Crippen molar-refractivity contribution in [1.29, 1.82) is 0 Å². The van der Waals surface area contributed by atoms with Gasteiger partial charge in [-0.05, 0) is 18.6 Å². The van der Waals surface area contributed by atoms with Gasteiger partial charge in [0.15, 0.2) is 5.96 Å². The minimum absolute atomic E-state index is 0. The van der Waals surface area contributed by atoms with Gasteiger partial charge in [0.1, 0.15) is 5.75 Å². The van der Waals surface area contributed by atoms with Crippen LogP contribution < -0.4 is 10.2 Å². The van der Waals surface area contributed by atoms with E-state index in [2.05, 4.69) is 20.1 Å². The van der Waals surface area contributed by atoms with Gasteiger partial charge in [0.2, 0.25) is 0 Å². The van der Waals surface area contributed by atoms with Gasteiger partial charge in [-0.1, -0.05) is 12.1 Å². The van der Waals surface area contributed by atoms with Gasteiger partial charge in [-0.2, -0.15) is 0 Å². The summed E-state index contributed by atoms with van der Waals surface area (Å²) in [5, 5.41) is 13.4. The van der Waals surface area contributed by atoms with Crippen LogP contribution in [0.15, 0.2) is 29.3 Å². The van der Waals surface area contributed by atoms with Crippen LogP contribution in [0.2, 0.25) is 0 Å². The molecule has 1 aliphatic rings. The van der Waals surface area contributed by atoms with Crippen LogP contribution in [-0.2, 0) is 9.47 Å². The van der Waals surface area contributed by atoms with Gasteiger partial charge >= 0.3 is 0 Å². The number of methoxy groups -OCH3 is 1. The molecule has 148 valence electrons. The van der Waals surface area contributed by atoms with Crippen molar-refractivity contribution >= 4 is 35.6 Å². The number of benzene rings is 1. The Labute approximate surface area is 173 Å². The van der Waals surface area contributed by atoms with Crippen molar-refractivity contribution in [3.05, 3.63) is 24.3 Å². The second-order valence-corrected chi connectivity index (χ2v) is 5.90. The Hall–Kier alpha value is -1.26. The van der Waals surface area contributed by atoms with Crippen LogP contribution in [0, 0.1) is 0 Å². The second-order valence-electron chi connectivity index (χ2n) is 5.90. The molecule has 26 heavy (non-hydrogen) atoms. The predicted molar refractivity (Wildman–Crippen MR) is 116 cm³/mol. The molecule has 0 unspecified atom stereocenters. The first-order valence-corrected chi connectivity index (χ1v) is 8.81. The van der Waals surface area contributed by atoms with Crippen LogP contribution in [0.25, 0.3) is 0 Å². The van der Waals surface area contributed by atoms with E-state index in [9.17, 15) is 5.11 Å². The van der Waals surface area contributed by atoms with Crippen LogP contribution in [0.4, 0.5) is 5.69 Å². The highest BCUT2D eigenvalue weighted by Gasteiger charge is 2.21. The van der Waals surface area contributed by atoms with Crippen LogP contribution in [0.1, 0.15) is 6.42 Å². The Morgan fingerprint density at radius 3 is 2.54 bits per heavy atom. The second kappa shape index (κ2) is 13.0. The normalized spacial score (nSPS) is 14.9. The third kappa shape index (κ3) is 7.16. The molecule has 1 saturated heterocycles. The summed E-state index contributed by atoms with van der Waals surface area (Å²) in [6, 6.07) is 7.50. The number of hydrogen-bond acceptors (Lipinski definition) is 5. The zero-order valence-electron chi connectivity index (χ0n) is 15.7. The van der Waals surface area contributed by atoms with Gasteiger partial charge in [-0.3, -0.25) is 4.99 Å². The van der Waals surface area contributed by atoms with Crippen molar-refractivity contribution in [2.75, 3.05) is 71.6 Å². The van der Waals surface area contributed by atoms with E-state index in [1.165, 1.54) is 0 Å². The van der Waals surface area contributed by atoms with Gasteiger partial charge < -0.3 is 29.7 Å². The van der Waals surface area contributed by atoms with Crippen LogP contribution >= 0.6 is 24.0 Å². The molecule has 2 rings (SSSR count). The first-order chi connectivity index (χ1) is 12.3. The van der Waals surface area contributed by atoms with E-state index in [1.807, 2.05) is 25.2 Å². The number of para-hydroxylation sites is 2. The Bertz CT molecular complexity index is 537. The fourth-order valence-corrected chi connectivity index (χ4v) is 2.84. The summed E-state index contributed by atoms with van der Waals surface area (Å²) >= 11 is 0. The lowest BCUT2D eigenvalue weighted by Crippen LogP contribution is -2.52. The van der Waals surface area contributed by atoms with E-state index in [4.69, 9.17) is 9.47 Å². The zero-order chi connectivity index (χ0) is 17.9. The molecule has 0 aliphatic carbocycles. The van der Waals surface area contributed by atoms with E-state index in [0.29, 0.717) is 25.6 Å². The maximum Gasteiger partial charge on any atom is 0.193 e. The number of phenols is 1. The number of nitrogens with zero attached hydrogens (tertiary/aromatic N) is 3. The molecule has 0 bridgehead atoms. The van der Waals surface area contributed by atoms with Gasteiger partial charge in [-0.25, -0.2) is 0 Å². The van der Waals surface area contributed by atoms with Crippen LogP contribution in [0.5, 0.6) is 5.75 Å². The number of aromatic hydroxyl groups is 1. The molecular formula is C18H31IN4O3. The highest BCUT2D eigenvalue weighted by Crippen LogP contribution is 2.27. The minimum atomic E-state index is 0. The molecule has 0 spiro atoms. The maximum absolute atomic E-state index is 9.99. The first kappa shape index (κ1) is 22.8. The first-order valence-electron chi connectivity index (χ1n) is 8.81. The Kier molecular flexibility index (Phi) is 11.4. The highest BCUT2D eigenvalue weighted by molar-refractivity contribution is 14.0. The van der Waals surface area contributed by atoms with Crippen molar-refractivity contribution in [1.82, 2.24) is 10.2 Å². The lowest BCUT2D eigenvalue weighted by atomic mass is 10.2. The smallest absolute Gasteiger partial charge is 0.193 e. The topological polar surface area (TPSA) is 69.6 Å². The quantitative estimate of drug-likeness (QED) is 0.257. The van der Waals surface area contributed by atoms with Crippen molar-refractivity contribution in [2.24, 2.45) is 4.99 Å². The molecule has 1 aliphatic heterocycles. The SMILES string of the molecule is CN=C(NCCCOCCOC)N1CCN(c2ccccc2O)CC1.I. The number of anilines is 1. The molecule has 0 aromatic heterocycles. The zero-order valence-corrected chi connectivity index (χ0v) is 18.0. The lowest BCUT2D eigenvalue weighted by molar-refractivity contribution is 0.0698. The number of nitrogens with one attached hydrogen (secondary N) is 1. The number of piperazine rings is 1. The largest absolute Gasteiger partial charge is 0.506 e. The Morgan fingerprint density at radius 2 is 1.88 bits per heavy atom. The number of ether oxygens (including phenoxy) is 2. The summed E-state index contributed by atoms with van der Waals surface area (Å²) in [5.41, 5.74) is 0.901. The summed E-state index contributed by atoms with van der Waals surface area (Å²) in [6.45, 7) is 6.29. The Balaban J connectivity index is 0.00000338. The summed E-state index contributed by atoms with van der Waals surface area (Å²) in [6.07, 6.45) is 0.931. The molecule has 0 radical (unpaired) electrons. The number of hydrogen-bond donors (Lipinski definition) is 2. The number of guanidine groups is 1. The lowest BCUT2D eigenvalue weighted by Gasteiger charge is -2.37. The van der Waals surface area contributed by atoms with Crippen molar-refractivity contribution in [2.45, 2.75) is 6.42 Å². The average molecular weight is 478 g/mol. The van der Waals surface area contributed by atoms with Gasteiger partial charge in [0, 0.05) is 53.5 Å². The molecule has 1 heterocycles. The molecule has 1 aromatic carbocycles. The van der Waals surface area contributed by atoms with Gasteiger partial charge in [0.05, 0.1) is 18.9 Å². The van der Waals surface area contributed by atoms with E-state index in [-0.39, 0.29) is 24.0 Å². The fourth-order valence-electron chi connectivity index (χ4n) is 2.84. The predicted octanol–water partition coefficient (Wildman–Crippen LogP) is 1.76. The summed E-state index contributed by atoms with van der Waals surface area (Å²) in [5.74, 6) is 1.26. The van der Waals surface area contributed by atoms with E-state index in [1.54, 1.807) is 13.2 Å². The molecule has 0 amide bonds. The molecule has 1 aromatic rings. The average Bonchev–Trinajstić information content (AvgIpc) is 2.65. The maximum atomic E-state index is 9.99. The van der Waals surface area contributed by atoms with Crippen LogP contribution in [-0.4, -0.2) is 82.7 Å². The molecule has 8 heteroatoms. The fraction of sp³-hybridized carbons (Fsp3) is 0.611. The highest BCUT2D eigenvalue weighted by atomic mass is 127. The molecular weight excluding hydrogens is 447 g/mol. The Morgan fingerprint density at radius 1 is 1.15 bits per heavy atom. The number of aliphatic imine (C=N–C) groups is 1. The van der Waals surface area contributed by atoms with E-state index in [0.717, 1.165) is 50.8 Å². The van der Waals surface area contributed by atoms with Gasteiger partial charge in [-0.15, -0.1) is 24.0 Å². The van der Waals surface area contributed by atoms with E-state index >= 15 is 0 Å².